The van der Waals surface area contributed by atoms with Gasteiger partial charge in [0.2, 0.25) is 5.91 Å². The zero-order valence-corrected chi connectivity index (χ0v) is 21.4. The third-order valence-electron chi connectivity index (χ3n) is 5.37. The van der Waals surface area contributed by atoms with Crippen LogP contribution in [0.25, 0.3) is 0 Å². The van der Waals surface area contributed by atoms with E-state index in [0.29, 0.717) is 17.0 Å². The zero-order valence-electron chi connectivity index (χ0n) is 20.5. The molecule has 1 saturated carbocycles. The molecular formula is C26H33N3O5S. The van der Waals surface area contributed by atoms with Crippen molar-refractivity contribution in [2.45, 2.75) is 57.3 Å². The van der Waals surface area contributed by atoms with E-state index >= 15 is 0 Å². The summed E-state index contributed by atoms with van der Waals surface area (Å²) in [5.41, 5.74) is 0.543. The summed E-state index contributed by atoms with van der Waals surface area (Å²) in [7, 11) is 1.57. The molecule has 2 N–H and O–H groups in total. The van der Waals surface area contributed by atoms with Crippen molar-refractivity contribution in [1.29, 1.82) is 0 Å². The molecule has 3 rings (SSSR count). The Bertz CT molecular complexity index is 1020. The number of methoxy groups -OCH3 is 1. The van der Waals surface area contributed by atoms with Crippen LogP contribution in [0.3, 0.4) is 0 Å². The highest BCUT2D eigenvalue weighted by Crippen LogP contribution is 2.36. The normalized spacial score (nSPS) is 14.9. The van der Waals surface area contributed by atoms with Gasteiger partial charge in [-0.05, 0) is 63.4 Å². The fourth-order valence-corrected chi connectivity index (χ4v) is 3.89. The first-order valence-corrected chi connectivity index (χ1v) is 12.2. The third-order valence-corrected chi connectivity index (χ3v) is 5.73. The number of hydrogen-bond acceptors (Lipinski definition) is 6. The van der Waals surface area contributed by atoms with Gasteiger partial charge in [-0.15, -0.1) is 0 Å². The monoisotopic (exact) mass is 499 g/mol. The van der Waals surface area contributed by atoms with Crippen LogP contribution in [0, 0.1) is 0 Å². The first-order valence-electron chi connectivity index (χ1n) is 11.6. The van der Waals surface area contributed by atoms with Crippen LogP contribution in [-0.4, -0.2) is 53.4 Å². The van der Waals surface area contributed by atoms with Crippen LogP contribution < -0.4 is 15.4 Å². The van der Waals surface area contributed by atoms with Gasteiger partial charge in [0.15, 0.2) is 0 Å². The summed E-state index contributed by atoms with van der Waals surface area (Å²) in [5.74, 6) is -0.00534. The van der Waals surface area contributed by atoms with E-state index in [1.807, 2.05) is 30.3 Å². The molecule has 1 aliphatic rings. The number of hydrogen-bond donors (Lipinski definition) is 3. The van der Waals surface area contributed by atoms with E-state index in [1.165, 1.54) is 0 Å². The number of carbonyl (C=O) groups is 3. The minimum Gasteiger partial charge on any atom is -0.497 e. The second kappa shape index (κ2) is 11.5. The standard InChI is InChI=1S/C26H33N3O5S/c1-26(2,3)34-25(32)28-21(16-35)24(31)29(19-12-13-19)22(17-8-6-5-7-9-17)23(30)27-18-10-14-20(33-4)15-11-18/h5-11,14-15,19,21-22,35H,12-13,16H2,1-4H3,(H,27,30)(H,28,32). The maximum atomic E-state index is 13.7. The molecule has 188 valence electrons. The van der Waals surface area contributed by atoms with E-state index in [-0.39, 0.29) is 23.6 Å². The van der Waals surface area contributed by atoms with E-state index in [4.69, 9.17) is 9.47 Å². The lowest BCUT2D eigenvalue weighted by Crippen LogP contribution is -2.54. The van der Waals surface area contributed by atoms with Gasteiger partial charge in [-0.3, -0.25) is 9.59 Å². The molecule has 3 amide bonds. The van der Waals surface area contributed by atoms with Crippen molar-refractivity contribution in [3.63, 3.8) is 0 Å². The van der Waals surface area contributed by atoms with Crippen molar-refractivity contribution in [2.24, 2.45) is 0 Å². The molecule has 35 heavy (non-hydrogen) atoms. The lowest BCUT2D eigenvalue weighted by Gasteiger charge is -2.34. The highest BCUT2D eigenvalue weighted by molar-refractivity contribution is 7.80. The molecule has 0 aliphatic heterocycles. The first-order chi connectivity index (χ1) is 16.6. The van der Waals surface area contributed by atoms with Gasteiger partial charge in [-0.1, -0.05) is 30.3 Å². The Morgan fingerprint density at radius 2 is 1.69 bits per heavy atom. The molecule has 1 fully saturated rings. The highest BCUT2D eigenvalue weighted by Gasteiger charge is 2.43. The fraction of sp³-hybridized carbons (Fsp3) is 0.423. The van der Waals surface area contributed by atoms with Gasteiger partial charge in [0.1, 0.15) is 23.4 Å². The number of nitrogens with one attached hydrogen (secondary N) is 2. The van der Waals surface area contributed by atoms with E-state index in [2.05, 4.69) is 23.3 Å². The summed E-state index contributed by atoms with van der Waals surface area (Å²) < 4.78 is 10.5. The van der Waals surface area contributed by atoms with E-state index in [1.54, 1.807) is 57.0 Å². The molecule has 0 saturated heterocycles. The van der Waals surface area contributed by atoms with Crippen LogP contribution in [-0.2, 0) is 14.3 Å². The Morgan fingerprint density at radius 1 is 1.06 bits per heavy atom. The SMILES string of the molecule is COc1ccc(NC(=O)C(c2ccccc2)N(C(=O)C(CS)NC(=O)OC(C)(C)C)C2CC2)cc1. The molecule has 0 spiro atoms. The topological polar surface area (TPSA) is 97.0 Å². The minimum absolute atomic E-state index is 0.0584. The van der Waals surface area contributed by atoms with E-state index < -0.39 is 23.8 Å². The number of anilines is 1. The molecule has 2 aromatic rings. The maximum Gasteiger partial charge on any atom is 0.408 e. The molecule has 0 aromatic heterocycles. The highest BCUT2D eigenvalue weighted by atomic mass is 32.1. The maximum absolute atomic E-state index is 13.7. The van der Waals surface area contributed by atoms with Gasteiger partial charge in [0.25, 0.3) is 5.91 Å². The predicted octanol–water partition coefficient (Wildman–Crippen LogP) is 4.19. The smallest absolute Gasteiger partial charge is 0.408 e. The number of ether oxygens (including phenoxy) is 2. The number of thiol groups is 1. The number of nitrogens with zero attached hydrogens (tertiary/aromatic N) is 1. The zero-order chi connectivity index (χ0) is 25.6. The lowest BCUT2D eigenvalue weighted by atomic mass is 10.0. The van der Waals surface area contributed by atoms with Crippen LogP contribution in [0.2, 0.25) is 0 Å². The molecule has 8 nitrogen and oxygen atoms in total. The molecule has 0 radical (unpaired) electrons. The van der Waals surface area contributed by atoms with Crippen LogP contribution in [0.4, 0.5) is 10.5 Å². The van der Waals surface area contributed by atoms with Crippen molar-refractivity contribution in [3.05, 3.63) is 60.2 Å². The average molecular weight is 500 g/mol. The predicted molar refractivity (Wildman–Crippen MR) is 138 cm³/mol. The van der Waals surface area contributed by atoms with Crippen molar-refractivity contribution < 1.29 is 23.9 Å². The van der Waals surface area contributed by atoms with Gasteiger partial charge in [0, 0.05) is 17.5 Å². The molecule has 0 bridgehead atoms. The summed E-state index contributed by atoms with van der Waals surface area (Å²) in [6.07, 6.45) is 0.840. The Hall–Kier alpha value is -3.20. The molecule has 9 heteroatoms. The van der Waals surface area contributed by atoms with Crippen LogP contribution in [0.1, 0.15) is 45.2 Å². The van der Waals surface area contributed by atoms with Crippen molar-refractivity contribution in [2.75, 3.05) is 18.2 Å². The summed E-state index contributed by atoms with van der Waals surface area (Å²) in [5, 5.41) is 5.54. The molecule has 1 aliphatic carbocycles. The van der Waals surface area contributed by atoms with Gasteiger partial charge in [0.05, 0.1) is 7.11 Å². The number of alkyl carbamates (subject to hydrolysis) is 1. The Kier molecular flexibility index (Phi) is 8.67. The van der Waals surface area contributed by atoms with Gasteiger partial charge in [-0.25, -0.2) is 4.79 Å². The largest absolute Gasteiger partial charge is 0.497 e. The van der Waals surface area contributed by atoms with Gasteiger partial charge in [-0.2, -0.15) is 12.6 Å². The Morgan fingerprint density at radius 3 is 2.20 bits per heavy atom. The summed E-state index contributed by atoms with van der Waals surface area (Å²) >= 11 is 4.30. The Labute approximate surface area is 211 Å². The molecule has 2 atom stereocenters. The van der Waals surface area contributed by atoms with Crippen molar-refractivity contribution in [3.8, 4) is 5.75 Å². The quantitative estimate of drug-likeness (QED) is 0.450. The Balaban J connectivity index is 1.89. The van der Waals surface area contributed by atoms with Crippen LogP contribution >= 0.6 is 12.6 Å². The summed E-state index contributed by atoms with van der Waals surface area (Å²) in [6.45, 7) is 5.24. The molecule has 2 unspecified atom stereocenters. The lowest BCUT2D eigenvalue weighted by molar-refractivity contribution is -0.141. The minimum atomic E-state index is -0.950. The number of rotatable bonds is 9. The number of carbonyl (C=O) groups excluding carboxylic acids is 3. The second-order valence-electron chi connectivity index (χ2n) is 9.39. The first kappa shape index (κ1) is 26.4. The second-order valence-corrected chi connectivity index (χ2v) is 9.75. The van der Waals surface area contributed by atoms with E-state index in [0.717, 1.165) is 12.8 Å². The molecule has 0 heterocycles. The van der Waals surface area contributed by atoms with Crippen LogP contribution in [0.15, 0.2) is 54.6 Å². The average Bonchev–Trinajstić information content (AvgIpc) is 3.65. The van der Waals surface area contributed by atoms with Gasteiger partial charge >= 0.3 is 6.09 Å². The molecule has 2 aromatic carbocycles. The fourth-order valence-electron chi connectivity index (χ4n) is 3.64. The van der Waals surface area contributed by atoms with Crippen LogP contribution in [0.5, 0.6) is 5.75 Å². The van der Waals surface area contributed by atoms with Crippen molar-refractivity contribution >= 4 is 36.2 Å². The van der Waals surface area contributed by atoms with E-state index in [9.17, 15) is 14.4 Å². The summed E-state index contributed by atoms with van der Waals surface area (Å²) in [6, 6.07) is 14.2. The molecular weight excluding hydrogens is 466 g/mol. The summed E-state index contributed by atoms with van der Waals surface area (Å²) in [4.78, 5) is 41.3. The third kappa shape index (κ3) is 7.39. The number of amides is 3. The van der Waals surface area contributed by atoms with Gasteiger partial charge < -0.3 is 25.0 Å². The van der Waals surface area contributed by atoms with Crippen molar-refractivity contribution in [1.82, 2.24) is 10.2 Å². The number of benzene rings is 2.